The number of hydrogen-bond donors (Lipinski definition) is 1. The molecule has 0 radical (unpaired) electrons. The molecule has 4 heteroatoms. The van der Waals surface area contributed by atoms with E-state index in [1.165, 1.54) is 18.9 Å². The Bertz CT molecular complexity index is 474. The van der Waals surface area contributed by atoms with Crippen molar-refractivity contribution in [1.82, 2.24) is 10.2 Å². The molecular formula is C17H25FN2O. The SMILES string of the molecule is CCN(CC1CCCNC1)CC1Cc2cc(F)ccc2O1. The van der Waals surface area contributed by atoms with Gasteiger partial charge in [0.05, 0.1) is 0 Å². The molecule has 1 N–H and O–H groups in total. The smallest absolute Gasteiger partial charge is 0.123 e. The van der Waals surface area contributed by atoms with Gasteiger partial charge in [-0.3, -0.25) is 4.90 Å². The number of fused-ring (bicyclic) bond motifs is 1. The Labute approximate surface area is 126 Å². The van der Waals surface area contributed by atoms with Crippen LogP contribution >= 0.6 is 0 Å². The zero-order chi connectivity index (χ0) is 14.7. The minimum Gasteiger partial charge on any atom is -0.488 e. The Kier molecular flexibility index (Phi) is 4.76. The van der Waals surface area contributed by atoms with Crippen molar-refractivity contribution in [1.29, 1.82) is 0 Å². The summed E-state index contributed by atoms with van der Waals surface area (Å²) in [5, 5.41) is 3.48. The lowest BCUT2D eigenvalue weighted by Crippen LogP contribution is -2.42. The quantitative estimate of drug-likeness (QED) is 0.902. The molecule has 1 aromatic carbocycles. The predicted molar refractivity (Wildman–Crippen MR) is 82.2 cm³/mol. The van der Waals surface area contributed by atoms with Crippen molar-refractivity contribution >= 4 is 0 Å². The van der Waals surface area contributed by atoms with E-state index in [1.807, 2.05) is 0 Å². The molecule has 1 saturated heterocycles. The number of rotatable bonds is 5. The topological polar surface area (TPSA) is 24.5 Å². The van der Waals surface area contributed by atoms with Crippen LogP contribution in [0, 0.1) is 11.7 Å². The zero-order valence-electron chi connectivity index (χ0n) is 12.8. The molecule has 0 aromatic heterocycles. The highest BCUT2D eigenvalue weighted by Gasteiger charge is 2.26. The number of hydrogen-bond acceptors (Lipinski definition) is 3. The molecule has 3 nitrogen and oxygen atoms in total. The zero-order valence-corrected chi connectivity index (χ0v) is 12.8. The van der Waals surface area contributed by atoms with Gasteiger partial charge in [0.25, 0.3) is 0 Å². The van der Waals surface area contributed by atoms with Gasteiger partial charge in [-0.25, -0.2) is 4.39 Å². The highest BCUT2D eigenvalue weighted by molar-refractivity contribution is 5.37. The molecule has 2 aliphatic rings. The van der Waals surface area contributed by atoms with E-state index in [2.05, 4.69) is 17.1 Å². The van der Waals surface area contributed by atoms with Gasteiger partial charge in [-0.15, -0.1) is 0 Å². The summed E-state index contributed by atoms with van der Waals surface area (Å²) in [5.41, 5.74) is 1.01. The lowest BCUT2D eigenvalue weighted by Gasteiger charge is -2.30. The van der Waals surface area contributed by atoms with Crippen LogP contribution in [0.25, 0.3) is 0 Å². The van der Waals surface area contributed by atoms with Gasteiger partial charge in [0.1, 0.15) is 17.7 Å². The molecule has 0 spiro atoms. The Balaban J connectivity index is 1.53. The maximum absolute atomic E-state index is 13.3. The summed E-state index contributed by atoms with van der Waals surface area (Å²) in [6, 6.07) is 4.84. The fraction of sp³-hybridized carbons (Fsp3) is 0.647. The summed E-state index contributed by atoms with van der Waals surface area (Å²) in [5.74, 6) is 1.44. The van der Waals surface area contributed by atoms with Crippen molar-refractivity contribution < 1.29 is 9.13 Å². The third kappa shape index (κ3) is 3.74. The van der Waals surface area contributed by atoms with Crippen LogP contribution < -0.4 is 10.1 Å². The molecule has 0 aliphatic carbocycles. The molecule has 116 valence electrons. The van der Waals surface area contributed by atoms with Crippen LogP contribution in [-0.4, -0.2) is 43.7 Å². The van der Waals surface area contributed by atoms with Crippen LogP contribution in [0.3, 0.4) is 0 Å². The molecule has 0 amide bonds. The van der Waals surface area contributed by atoms with E-state index in [0.29, 0.717) is 0 Å². The van der Waals surface area contributed by atoms with E-state index < -0.39 is 0 Å². The number of piperidine rings is 1. The minimum atomic E-state index is -0.168. The van der Waals surface area contributed by atoms with E-state index in [9.17, 15) is 4.39 Å². The number of nitrogens with zero attached hydrogens (tertiary/aromatic N) is 1. The van der Waals surface area contributed by atoms with Gasteiger partial charge in [0.2, 0.25) is 0 Å². The predicted octanol–water partition coefficient (Wildman–Crippen LogP) is 2.45. The molecule has 2 aliphatic heterocycles. The fourth-order valence-electron chi connectivity index (χ4n) is 3.46. The molecule has 1 fully saturated rings. The van der Waals surface area contributed by atoms with E-state index in [-0.39, 0.29) is 11.9 Å². The number of likely N-dealkylation sites (N-methyl/N-ethyl adjacent to an activating group) is 1. The Hall–Kier alpha value is -1.13. The summed E-state index contributed by atoms with van der Waals surface area (Å²) in [7, 11) is 0. The van der Waals surface area contributed by atoms with Crippen molar-refractivity contribution in [2.75, 3.05) is 32.7 Å². The van der Waals surface area contributed by atoms with Crippen LogP contribution in [0.1, 0.15) is 25.3 Å². The van der Waals surface area contributed by atoms with Crippen LogP contribution in [0.15, 0.2) is 18.2 Å². The van der Waals surface area contributed by atoms with Crippen molar-refractivity contribution in [3.05, 3.63) is 29.6 Å². The first-order chi connectivity index (χ1) is 10.2. The highest BCUT2D eigenvalue weighted by Crippen LogP contribution is 2.29. The van der Waals surface area contributed by atoms with Gasteiger partial charge < -0.3 is 10.1 Å². The van der Waals surface area contributed by atoms with Gasteiger partial charge in [-0.2, -0.15) is 0 Å². The second-order valence-corrected chi connectivity index (χ2v) is 6.26. The van der Waals surface area contributed by atoms with E-state index in [0.717, 1.165) is 56.4 Å². The summed E-state index contributed by atoms with van der Waals surface area (Å²) in [6.45, 7) is 7.61. The van der Waals surface area contributed by atoms with Crippen LogP contribution in [-0.2, 0) is 6.42 Å². The average molecular weight is 292 g/mol. The first-order valence-corrected chi connectivity index (χ1v) is 8.12. The second-order valence-electron chi connectivity index (χ2n) is 6.26. The Morgan fingerprint density at radius 2 is 2.29 bits per heavy atom. The number of benzene rings is 1. The molecule has 2 heterocycles. The van der Waals surface area contributed by atoms with E-state index in [4.69, 9.17) is 4.74 Å². The molecular weight excluding hydrogens is 267 g/mol. The normalized spacial score (nSPS) is 24.9. The Morgan fingerprint density at radius 1 is 1.38 bits per heavy atom. The lowest BCUT2D eigenvalue weighted by atomic mass is 9.99. The highest BCUT2D eigenvalue weighted by atomic mass is 19.1. The van der Waals surface area contributed by atoms with Crippen molar-refractivity contribution in [2.45, 2.75) is 32.3 Å². The van der Waals surface area contributed by atoms with Crippen molar-refractivity contribution in [3.8, 4) is 5.75 Å². The molecule has 2 atom stereocenters. The minimum absolute atomic E-state index is 0.165. The molecule has 1 aromatic rings. The van der Waals surface area contributed by atoms with Gasteiger partial charge in [0, 0.05) is 25.1 Å². The fourth-order valence-corrected chi connectivity index (χ4v) is 3.46. The first kappa shape index (κ1) is 14.8. The van der Waals surface area contributed by atoms with Gasteiger partial charge in [0.15, 0.2) is 0 Å². The molecule has 3 rings (SSSR count). The molecule has 0 saturated carbocycles. The largest absolute Gasteiger partial charge is 0.488 e. The summed E-state index contributed by atoms with van der Waals surface area (Å²) in [6.07, 6.45) is 3.60. The van der Waals surface area contributed by atoms with Crippen molar-refractivity contribution in [2.24, 2.45) is 5.92 Å². The Morgan fingerprint density at radius 3 is 3.05 bits per heavy atom. The number of nitrogens with one attached hydrogen (secondary N) is 1. The van der Waals surface area contributed by atoms with Crippen LogP contribution in [0.5, 0.6) is 5.75 Å². The summed E-state index contributed by atoms with van der Waals surface area (Å²) in [4.78, 5) is 2.48. The standard InChI is InChI=1S/C17H25FN2O/c1-2-20(11-13-4-3-7-19-10-13)12-16-9-14-8-15(18)5-6-17(14)21-16/h5-6,8,13,16,19H,2-4,7,9-12H2,1H3. The lowest BCUT2D eigenvalue weighted by molar-refractivity contribution is 0.134. The maximum Gasteiger partial charge on any atom is 0.123 e. The molecule has 0 bridgehead atoms. The first-order valence-electron chi connectivity index (χ1n) is 8.12. The van der Waals surface area contributed by atoms with Crippen molar-refractivity contribution in [3.63, 3.8) is 0 Å². The summed E-state index contributed by atoms with van der Waals surface area (Å²) >= 11 is 0. The average Bonchev–Trinajstić information content (AvgIpc) is 2.89. The maximum atomic E-state index is 13.3. The number of ether oxygens (including phenoxy) is 1. The third-order valence-corrected chi connectivity index (χ3v) is 4.59. The summed E-state index contributed by atoms with van der Waals surface area (Å²) < 4.78 is 19.2. The van der Waals surface area contributed by atoms with Crippen LogP contribution in [0.2, 0.25) is 0 Å². The molecule has 2 unspecified atom stereocenters. The molecule has 21 heavy (non-hydrogen) atoms. The van der Waals surface area contributed by atoms with Gasteiger partial charge in [-0.05, 0) is 56.6 Å². The second kappa shape index (κ2) is 6.75. The number of halogens is 1. The van der Waals surface area contributed by atoms with Crippen LogP contribution in [0.4, 0.5) is 4.39 Å². The van der Waals surface area contributed by atoms with Gasteiger partial charge in [-0.1, -0.05) is 6.92 Å². The van der Waals surface area contributed by atoms with E-state index >= 15 is 0 Å². The third-order valence-electron chi connectivity index (χ3n) is 4.59. The van der Waals surface area contributed by atoms with Gasteiger partial charge >= 0.3 is 0 Å². The monoisotopic (exact) mass is 292 g/mol. The van der Waals surface area contributed by atoms with E-state index in [1.54, 1.807) is 12.1 Å².